The molecule has 0 saturated carbocycles. The van der Waals surface area contributed by atoms with Crippen molar-refractivity contribution in [3.63, 3.8) is 0 Å². The van der Waals surface area contributed by atoms with Crippen molar-refractivity contribution in [2.24, 2.45) is 5.92 Å². The van der Waals surface area contributed by atoms with E-state index in [0.717, 1.165) is 19.6 Å². The van der Waals surface area contributed by atoms with E-state index in [1.165, 1.54) is 12.8 Å². The topological polar surface area (TPSA) is 45.5 Å². The second-order valence-corrected chi connectivity index (χ2v) is 4.65. The van der Waals surface area contributed by atoms with Gasteiger partial charge in [-0.3, -0.25) is 4.79 Å². The first-order valence-corrected chi connectivity index (χ1v) is 5.91. The molecule has 4 nitrogen and oxygen atoms in total. The standard InChI is InChI=1S/C12H16N2O2/c15-12(11-4-2-6-16-11)14-7-9-3-1-5-13-10(9)8-14/h2,4,6,9-10,13H,1,3,5,7-8H2/t9-,10+/m1/s1. The lowest BCUT2D eigenvalue weighted by Crippen LogP contribution is -2.41. The summed E-state index contributed by atoms with van der Waals surface area (Å²) in [6.45, 7) is 2.78. The molecule has 3 heterocycles. The monoisotopic (exact) mass is 220 g/mol. The summed E-state index contributed by atoms with van der Waals surface area (Å²) in [6.07, 6.45) is 4.01. The number of fused-ring (bicyclic) bond motifs is 1. The van der Waals surface area contributed by atoms with Gasteiger partial charge in [-0.2, -0.15) is 0 Å². The summed E-state index contributed by atoms with van der Waals surface area (Å²) >= 11 is 0. The number of amides is 1. The lowest BCUT2D eigenvalue weighted by atomic mass is 9.94. The smallest absolute Gasteiger partial charge is 0.289 e. The normalized spacial score (nSPS) is 29.1. The molecule has 1 N–H and O–H groups in total. The fourth-order valence-electron chi connectivity index (χ4n) is 2.77. The SMILES string of the molecule is O=C(c1ccco1)N1C[C@H]2CCCN[C@H]2C1. The van der Waals surface area contributed by atoms with E-state index in [1.54, 1.807) is 18.4 Å². The molecule has 86 valence electrons. The van der Waals surface area contributed by atoms with Crippen molar-refractivity contribution >= 4 is 5.91 Å². The number of carbonyl (C=O) groups excluding carboxylic acids is 1. The molecule has 0 aromatic carbocycles. The van der Waals surface area contributed by atoms with Gasteiger partial charge in [-0.1, -0.05) is 0 Å². The van der Waals surface area contributed by atoms with Crippen molar-refractivity contribution in [1.82, 2.24) is 10.2 Å². The molecular formula is C12H16N2O2. The van der Waals surface area contributed by atoms with Crippen molar-refractivity contribution in [2.75, 3.05) is 19.6 Å². The zero-order chi connectivity index (χ0) is 11.0. The summed E-state index contributed by atoms with van der Waals surface area (Å²) in [4.78, 5) is 14.0. The number of nitrogens with zero attached hydrogens (tertiary/aromatic N) is 1. The van der Waals surface area contributed by atoms with Gasteiger partial charge in [0.25, 0.3) is 5.91 Å². The molecule has 0 bridgehead atoms. The van der Waals surface area contributed by atoms with E-state index in [1.807, 2.05) is 4.90 Å². The minimum atomic E-state index is 0.0289. The van der Waals surface area contributed by atoms with E-state index >= 15 is 0 Å². The highest BCUT2D eigenvalue weighted by molar-refractivity contribution is 5.91. The van der Waals surface area contributed by atoms with Crippen LogP contribution in [0.5, 0.6) is 0 Å². The molecule has 0 unspecified atom stereocenters. The third-order valence-corrected chi connectivity index (χ3v) is 3.62. The third-order valence-electron chi connectivity index (χ3n) is 3.62. The average molecular weight is 220 g/mol. The Bertz CT molecular complexity index is 360. The predicted octanol–water partition coefficient (Wildman–Crippen LogP) is 1.10. The molecule has 2 saturated heterocycles. The van der Waals surface area contributed by atoms with Crippen molar-refractivity contribution in [3.8, 4) is 0 Å². The van der Waals surface area contributed by atoms with Crippen molar-refractivity contribution < 1.29 is 9.21 Å². The van der Waals surface area contributed by atoms with Gasteiger partial charge in [0.05, 0.1) is 6.26 Å². The maximum atomic E-state index is 12.1. The van der Waals surface area contributed by atoms with Gasteiger partial charge in [0.2, 0.25) is 0 Å². The Labute approximate surface area is 94.6 Å². The van der Waals surface area contributed by atoms with E-state index in [2.05, 4.69) is 5.32 Å². The molecule has 2 atom stereocenters. The van der Waals surface area contributed by atoms with Gasteiger partial charge in [0, 0.05) is 19.1 Å². The Morgan fingerprint density at radius 3 is 3.19 bits per heavy atom. The number of hydrogen-bond donors (Lipinski definition) is 1. The maximum absolute atomic E-state index is 12.1. The number of nitrogens with one attached hydrogen (secondary N) is 1. The minimum absolute atomic E-state index is 0.0289. The van der Waals surface area contributed by atoms with Crippen LogP contribution in [0.15, 0.2) is 22.8 Å². The van der Waals surface area contributed by atoms with Crippen LogP contribution in [0.2, 0.25) is 0 Å². The summed E-state index contributed by atoms with van der Waals surface area (Å²) in [5.41, 5.74) is 0. The zero-order valence-corrected chi connectivity index (χ0v) is 9.19. The molecule has 0 spiro atoms. The van der Waals surface area contributed by atoms with Crippen LogP contribution in [0.1, 0.15) is 23.4 Å². The molecular weight excluding hydrogens is 204 g/mol. The van der Waals surface area contributed by atoms with E-state index in [-0.39, 0.29) is 5.91 Å². The van der Waals surface area contributed by atoms with Gasteiger partial charge in [-0.15, -0.1) is 0 Å². The number of hydrogen-bond acceptors (Lipinski definition) is 3. The molecule has 2 fully saturated rings. The molecule has 4 heteroatoms. The minimum Gasteiger partial charge on any atom is -0.459 e. The van der Waals surface area contributed by atoms with Crippen LogP contribution in [-0.2, 0) is 0 Å². The van der Waals surface area contributed by atoms with E-state index < -0.39 is 0 Å². The van der Waals surface area contributed by atoms with Crippen LogP contribution in [0.3, 0.4) is 0 Å². The Morgan fingerprint density at radius 1 is 1.50 bits per heavy atom. The first-order valence-electron chi connectivity index (χ1n) is 5.91. The van der Waals surface area contributed by atoms with Crippen LogP contribution in [0.25, 0.3) is 0 Å². The van der Waals surface area contributed by atoms with Crippen molar-refractivity contribution in [2.45, 2.75) is 18.9 Å². The Balaban J connectivity index is 1.71. The summed E-state index contributed by atoms with van der Waals surface area (Å²) in [5, 5.41) is 3.49. The van der Waals surface area contributed by atoms with Crippen LogP contribution >= 0.6 is 0 Å². The van der Waals surface area contributed by atoms with Crippen LogP contribution in [-0.4, -0.2) is 36.5 Å². The number of carbonyl (C=O) groups is 1. The van der Waals surface area contributed by atoms with Gasteiger partial charge in [0.1, 0.15) is 0 Å². The van der Waals surface area contributed by atoms with Crippen LogP contribution in [0.4, 0.5) is 0 Å². The van der Waals surface area contributed by atoms with Gasteiger partial charge in [-0.05, 0) is 37.4 Å². The van der Waals surface area contributed by atoms with Crippen LogP contribution < -0.4 is 5.32 Å². The molecule has 0 aliphatic carbocycles. The second kappa shape index (κ2) is 3.94. The fourth-order valence-corrected chi connectivity index (χ4v) is 2.77. The summed E-state index contributed by atoms with van der Waals surface area (Å²) < 4.78 is 5.15. The highest BCUT2D eigenvalue weighted by Gasteiger charge is 2.37. The number of piperidine rings is 1. The number of furan rings is 1. The first kappa shape index (κ1) is 9.90. The molecule has 2 aliphatic heterocycles. The van der Waals surface area contributed by atoms with Crippen LogP contribution in [0, 0.1) is 5.92 Å². The molecule has 1 aromatic heterocycles. The maximum Gasteiger partial charge on any atom is 0.289 e. The van der Waals surface area contributed by atoms with E-state index in [9.17, 15) is 4.79 Å². The number of likely N-dealkylation sites (tertiary alicyclic amines) is 1. The summed E-state index contributed by atoms with van der Waals surface area (Å²) in [7, 11) is 0. The summed E-state index contributed by atoms with van der Waals surface area (Å²) in [6, 6.07) is 3.99. The zero-order valence-electron chi connectivity index (χ0n) is 9.19. The van der Waals surface area contributed by atoms with Gasteiger partial charge in [-0.25, -0.2) is 0 Å². The van der Waals surface area contributed by atoms with E-state index in [4.69, 9.17) is 4.42 Å². The molecule has 0 radical (unpaired) electrons. The van der Waals surface area contributed by atoms with Gasteiger partial charge < -0.3 is 14.6 Å². The molecule has 16 heavy (non-hydrogen) atoms. The second-order valence-electron chi connectivity index (χ2n) is 4.65. The molecule has 2 aliphatic rings. The van der Waals surface area contributed by atoms with Crippen molar-refractivity contribution in [3.05, 3.63) is 24.2 Å². The highest BCUT2D eigenvalue weighted by Crippen LogP contribution is 2.25. The largest absolute Gasteiger partial charge is 0.459 e. The van der Waals surface area contributed by atoms with E-state index in [0.29, 0.717) is 17.7 Å². The first-order chi connectivity index (χ1) is 7.84. The molecule has 3 rings (SSSR count). The van der Waals surface area contributed by atoms with Gasteiger partial charge >= 0.3 is 0 Å². The van der Waals surface area contributed by atoms with Crippen molar-refractivity contribution in [1.29, 1.82) is 0 Å². The highest BCUT2D eigenvalue weighted by atomic mass is 16.3. The quantitative estimate of drug-likeness (QED) is 0.771. The molecule has 1 amide bonds. The lowest BCUT2D eigenvalue weighted by molar-refractivity contribution is 0.0754. The molecule has 1 aromatic rings. The Kier molecular flexibility index (Phi) is 2.44. The number of rotatable bonds is 1. The lowest BCUT2D eigenvalue weighted by Gasteiger charge is -2.24. The Hall–Kier alpha value is -1.29. The fraction of sp³-hybridized carbons (Fsp3) is 0.583. The average Bonchev–Trinajstić information content (AvgIpc) is 2.97. The Morgan fingerprint density at radius 2 is 2.44 bits per heavy atom. The predicted molar refractivity (Wildman–Crippen MR) is 59.1 cm³/mol. The summed E-state index contributed by atoms with van der Waals surface area (Å²) in [5.74, 6) is 1.12. The third kappa shape index (κ3) is 1.63. The van der Waals surface area contributed by atoms with Gasteiger partial charge in [0.15, 0.2) is 5.76 Å².